The van der Waals surface area contributed by atoms with Gasteiger partial charge in [-0.25, -0.2) is 0 Å². The first-order chi connectivity index (χ1) is 9.27. The van der Waals surface area contributed by atoms with Crippen LogP contribution in [0.25, 0.3) is 0 Å². The maximum Gasteiger partial charge on any atom is 0.301 e. The molecule has 2 aromatic rings. The number of benzene rings is 2. The summed E-state index contributed by atoms with van der Waals surface area (Å²) in [6.45, 7) is 0.276. The molecule has 0 aromatic heterocycles. The largest absolute Gasteiger partial charge is 0.301 e. The third-order valence-electron chi connectivity index (χ3n) is 2.63. The van der Waals surface area contributed by atoms with Crippen molar-refractivity contribution in [3.05, 3.63) is 60.7 Å². The number of hydrogen-bond acceptors (Lipinski definition) is 2. The van der Waals surface area contributed by atoms with Crippen LogP contribution in [-0.4, -0.2) is 21.5 Å². The zero-order chi connectivity index (χ0) is 13.5. The summed E-state index contributed by atoms with van der Waals surface area (Å²) in [5.74, 6) is 0. The van der Waals surface area contributed by atoms with E-state index < -0.39 is 19.3 Å². The van der Waals surface area contributed by atoms with Crippen LogP contribution in [0.2, 0.25) is 0 Å². The highest BCUT2D eigenvalue weighted by molar-refractivity contribution is 7.74. The van der Waals surface area contributed by atoms with Crippen LogP contribution < -0.4 is 10.6 Å². The standard InChI is InChI=1S/C14H15O3PS/c15-19(16)17-11-12-18(13-7-3-1-4-8-13)14-9-5-2-6-10-14/h1-10H,11-12H2,(H,15,16). The molecule has 0 radical (unpaired) electrons. The summed E-state index contributed by atoms with van der Waals surface area (Å²) < 4.78 is 24.0. The SMILES string of the molecule is O=S(O)OCCP(c1ccccc1)c1ccccc1. The van der Waals surface area contributed by atoms with Crippen LogP contribution in [0.15, 0.2) is 60.7 Å². The first-order valence-electron chi connectivity index (χ1n) is 5.89. The van der Waals surface area contributed by atoms with Gasteiger partial charge in [0.2, 0.25) is 0 Å². The van der Waals surface area contributed by atoms with E-state index in [-0.39, 0.29) is 6.61 Å². The van der Waals surface area contributed by atoms with E-state index in [0.29, 0.717) is 0 Å². The van der Waals surface area contributed by atoms with Crippen LogP contribution in [0.1, 0.15) is 0 Å². The van der Waals surface area contributed by atoms with Gasteiger partial charge in [0.1, 0.15) is 0 Å². The lowest BCUT2D eigenvalue weighted by Crippen LogP contribution is -2.16. The Morgan fingerprint density at radius 2 is 1.42 bits per heavy atom. The predicted octanol–water partition coefficient (Wildman–Crippen LogP) is 2.27. The first kappa shape index (κ1) is 14.4. The highest BCUT2D eigenvalue weighted by Crippen LogP contribution is 2.32. The van der Waals surface area contributed by atoms with Crippen molar-refractivity contribution in [2.45, 2.75) is 0 Å². The van der Waals surface area contributed by atoms with E-state index in [2.05, 4.69) is 24.3 Å². The molecule has 0 spiro atoms. The summed E-state index contributed by atoms with van der Waals surface area (Å²) in [6.07, 6.45) is 0.732. The summed E-state index contributed by atoms with van der Waals surface area (Å²) in [5, 5.41) is 2.49. The minimum Gasteiger partial charge on any atom is -0.284 e. The second-order valence-electron chi connectivity index (χ2n) is 3.86. The lowest BCUT2D eigenvalue weighted by atomic mass is 10.4. The molecule has 19 heavy (non-hydrogen) atoms. The molecule has 0 aliphatic carbocycles. The summed E-state index contributed by atoms with van der Waals surface area (Å²) >= 11 is -2.18. The van der Waals surface area contributed by atoms with Crippen LogP contribution in [-0.2, 0) is 15.5 Å². The molecule has 100 valence electrons. The van der Waals surface area contributed by atoms with Gasteiger partial charge in [-0.1, -0.05) is 60.7 Å². The third kappa shape index (κ3) is 4.51. The van der Waals surface area contributed by atoms with Crippen molar-refractivity contribution in [3.63, 3.8) is 0 Å². The van der Waals surface area contributed by atoms with Crippen molar-refractivity contribution >= 4 is 29.9 Å². The molecule has 0 saturated carbocycles. The molecule has 0 aliphatic heterocycles. The van der Waals surface area contributed by atoms with E-state index in [1.165, 1.54) is 10.6 Å². The predicted molar refractivity (Wildman–Crippen MR) is 80.7 cm³/mol. The van der Waals surface area contributed by atoms with Gasteiger partial charge in [0.15, 0.2) is 0 Å². The van der Waals surface area contributed by atoms with Crippen molar-refractivity contribution in [2.24, 2.45) is 0 Å². The van der Waals surface area contributed by atoms with Crippen molar-refractivity contribution in [1.29, 1.82) is 0 Å². The van der Waals surface area contributed by atoms with Crippen LogP contribution in [0, 0.1) is 0 Å². The monoisotopic (exact) mass is 294 g/mol. The van der Waals surface area contributed by atoms with Gasteiger partial charge in [-0.15, -0.1) is 0 Å². The van der Waals surface area contributed by atoms with Gasteiger partial charge < -0.3 is 0 Å². The molecule has 0 saturated heterocycles. The summed E-state index contributed by atoms with van der Waals surface area (Å²) in [7, 11) is -0.552. The molecule has 0 heterocycles. The van der Waals surface area contributed by atoms with Crippen LogP contribution >= 0.6 is 7.92 Å². The molecule has 5 heteroatoms. The lowest BCUT2D eigenvalue weighted by Gasteiger charge is -2.18. The molecule has 1 unspecified atom stereocenters. The van der Waals surface area contributed by atoms with E-state index in [9.17, 15) is 4.21 Å². The molecule has 0 fully saturated rings. The molecule has 1 N–H and O–H groups in total. The molecule has 2 rings (SSSR count). The number of rotatable bonds is 6. The average molecular weight is 294 g/mol. The second-order valence-corrected chi connectivity index (χ2v) is 6.87. The molecular weight excluding hydrogens is 279 g/mol. The quantitative estimate of drug-likeness (QED) is 0.657. The van der Waals surface area contributed by atoms with Gasteiger partial charge in [-0.05, 0) is 18.5 Å². The highest BCUT2D eigenvalue weighted by Gasteiger charge is 2.13. The summed E-state index contributed by atoms with van der Waals surface area (Å²) in [5.41, 5.74) is 0. The fourth-order valence-electron chi connectivity index (χ4n) is 1.82. The fraction of sp³-hybridized carbons (Fsp3) is 0.143. The van der Waals surface area contributed by atoms with E-state index in [4.69, 9.17) is 8.74 Å². The molecular formula is C14H15O3PS. The molecule has 3 nitrogen and oxygen atoms in total. The average Bonchev–Trinajstić information content (AvgIpc) is 2.45. The fourth-order valence-corrected chi connectivity index (χ4v) is 4.32. The van der Waals surface area contributed by atoms with Crippen molar-refractivity contribution in [2.75, 3.05) is 12.8 Å². The molecule has 0 bridgehead atoms. The summed E-state index contributed by atoms with van der Waals surface area (Å²) in [4.78, 5) is 0. The molecule has 1 atom stereocenters. The van der Waals surface area contributed by atoms with Gasteiger partial charge in [-0.3, -0.25) is 8.74 Å². The van der Waals surface area contributed by atoms with E-state index in [1.807, 2.05) is 36.4 Å². The van der Waals surface area contributed by atoms with E-state index in [1.54, 1.807) is 0 Å². The molecule has 0 aliphatic rings. The Morgan fingerprint density at radius 1 is 0.947 bits per heavy atom. The Bertz CT molecular complexity index is 479. The minimum absolute atomic E-state index is 0.276. The van der Waals surface area contributed by atoms with Crippen molar-refractivity contribution in [1.82, 2.24) is 0 Å². The van der Waals surface area contributed by atoms with Gasteiger partial charge in [-0.2, -0.15) is 4.21 Å². The van der Waals surface area contributed by atoms with Gasteiger partial charge >= 0.3 is 11.4 Å². The lowest BCUT2D eigenvalue weighted by molar-refractivity contribution is 0.327. The Morgan fingerprint density at radius 3 is 1.84 bits per heavy atom. The van der Waals surface area contributed by atoms with Gasteiger partial charge in [0, 0.05) is 6.16 Å². The zero-order valence-electron chi connectivity index (χ0n) is 10.3. The van der Waals surface area contributed by atoms with Crippen molar-refractivity contribution < 1.29 is 12.9 Å². The van der Waals surface area contributed by atoms with Crippen LogP contribution in [0.4, 0.5) is 0 Å². The zero-order valence-corrected chi connectivity index (χ0v) is 12.0. The normalized spacial score (nSPS) is 12.5. The molecule has 2 aromatic carbocycles. The Balaban J connectivity index is 2.17. The number of hydrogen-bond donors (Lipinski definition) is 1. The Kier molecular flexibility index (Phi) is 5.67. The molecule has 0 amide bonds. The Hall–Kier alpha value is -1.06. The smallest absolute Gasteiger partial charge is 0.284 e. The third-order valence-corrected chi connectivity index (χ3v) is 5.48. The van der Waals surface area contributed by atoms with Crippen LogP contribution in [0.3, 0.4) is 0 Å². The van der Waals surface area contributed by atoms with Crippen molar-refractivity contribution in [3.8, 4) is 0 Å². The first-order valence-corrected chi connectivity index (χ1v) is 8.45. The van der Waals surface area contributed by atoms with Crippen LogP contribution in [0.5, 0.6) is 0 Å². The highest BCUT2D eigenvalue weighted by atomic mass is 32.2. The van der Waals surface area contributed by atoms with E-state index in [0.717, 1.165) is 6.16 Å². The van der Waals surface area contributed by atoms with Gasteiger partial charge in [0.25, 0.3) is 0 Å². The minimum atomic E-state index is -2.18. The van der Waals surface area contributed by atoms with E-state index >= 15 is 0 Å². The topological polar surface area (TPSA) is 46.5 Å². The summed E-state index contributed by atoms with van der Waals surface area (Å²) in [6, 6.07) is 20.4. The maximum absolute atomic E-state index is 10.5. The van der Waals surface area contributed by atoms with Gasteiger partial charge in [0.05, 0.1) is 6.61 Å². The second kappa shape index (κ2) is 7.51. The maximum atomic E-state index is 10.5. The Labute approximate surface area is 116 Å².